The highest BCUT2D eigenvalue weighted by atomic mass is 79.9. The van der Waals surface area contributed by atoms with Gasteiger partial charge in [-0.05, 0) is 54.8 Å². The highest BCUT2D eigenvalue weighted by molar-refractivity contribution is 9.10. The smallest absolute Gasteiger partial charge is 0.249 e. The van der Waals surface area contributed by atoms with Crippen molar-refractivity contribution in [1.29, 1.82) is 0 Å². The zero-order valence-electron chi connectivity index (χ0n) is 12.2. The fourth-order valence-corrected chi connectivity index (χ4v) is 3.09. The minimum Gasteiger partial charge on any atom is -0.396 e. The summed E-state index contributed by atoms with van der Waals surface area (Å²) < 4.78 is 52.4. The number of nitrogens with two attached hydrogens (primary N) is 1. The molecule has 0 saturated carbocycles. The van der Waals surface area contributed by atoms with Crippen molar-refractivity contribution < 1.29 is 22.5 Å². The molecule has 1 unspecified atom stereocenters. The van der Waals surface area contributed by atoms with Crippen LogP contribution in [0.15, 0.2) is 16.7 Å². The van der Waals surface area contributed by atoms with Gasteiger partial charge in [-0.2, -0.15) is 0 Å². The Hall–Kier alpha value is -0.510. The molecule has 1 rings (SSSR count). The van der Waals surface area contributed by atoms with Gasteiger partial charge in [-0.15, -0.1) is 0 Å². The van der Waals surface area contributed by atoms with Gasteiger partial charge in [-0.25, -0.2) is 22.4 Å². The Balaban J connectivity index is 3.51. The van der Waals surface area contributed by atoms with Crippen LogP contribution in [0.1, 0.15) is 32.4 Å². The number of pyridine rings is 1. The van der Waals surface area contributed by atoms with Crippen LogP contribution in [0.3, 0.4) is 0 Å². The van der Waals surface area contributed by atoms with Crippen LogP contribution in [-0.2, 0) is 16.4 Å². The van der Waals surface area contributed by atoms with Crippen LogP contribution in [0.25, 0.3) is 0 Å². The van der Waals surface area contributed by atoms with Crippen molar-refractivity contribution in [1.82, 2.24) is 4.98 Å². The van der Waals surface area contributed by atoms with Crippen molar-refractivity contribution in [2.45, 2.75) is 43.3 Å². The normalized spacial score (nSPS) is 16.6. The van der Waals surface area contributed by atoms with E-state index >= 15 is 0 Å². The molecule has 126 valence electrons. The van der Waals surface area contributed by atoms with E-state index < -0.39 is 52.1 Å². The van der Waals surface area contributed by atoms with Gasteiger partial charge >= 0.3 is 0 Å². The van der Waals surface area contributed by atoms with Crippen LogP contribution >= 0.6 is 15.9 Å². The number of alkyl halides is 2. The molecule has 0 fully saturated rings. The predicted octanol–water partition coefficient (Wildman–Crippen LogP) is 2.66. The third-order valence-corrected chi connectivity index (χ3v) is 5.22. The Morgan fingerprint density at radius 2 is 2.05 bits per heavy atom. The third-order valence-electron chi connectivity index (χ3n) is 3.55. The van der Waals surface area contributed by atoms with Gasteiger partial charge in [0.15, 0.2) is 0 Å². The quantitative estimate of drug-likeness (QED) is 0.688. The van der Waals surface area contributed by atoms with Crippen molar-refractivity contribution >= 4 is 26.9 Å². The molecule has 2 atom stereocenters. The lowest BCUT2D eigenvalue weighted by molar-refractivity contribution is 0.0177. The molecule has 9 heteroatoms. The van der Waals surface area contributed by atoms with Crippen LogP contribution in [0.5, 0.6) is 0 Å². The molecular weight excluding hydrogens is 385 g/mol. The van der Waals surface area contributed by atoms with E-state index in [1.807, 2.05) is 0 Å². The first-order valence-corrected chi connectivity index (χ1v) is 8.45. The number of rotatable bonds is 7. The summed E-state index contributed by atoms with van der Waals surface area (Å²) in [5.74, 6) is -0.907. The maximum Gasteiger partial charge on any atom is 0.249 e. The molecule has 0 saturated heterocycles. The van der Waals surface area contributed by atoms with Crippen LogP contribution in [0.4, 0.5) is 13.2 Å². The molecule has 0 aliphatic heterocycles. The zero-order valence-corrected chi connectivity index (χ0v) is 14.6. The third kappa shape index (κ3) is 4.06. The van der Waals surface area contributed by atoms with Crippen molar-refractivity contribution in [3.05, 3.63) is 28.2 Å². The number of hydrogen-bond acceptors (Lipinski definition) is 3. The number of nitrogens with zero attached hydrogens (tertiary/aromatic N) is 1. The molecule has 0 radical (unpaired) electrons. The molecule has 3 N–H and O–H groups in total. The number of hydrogen-bond donors (Lipinski definition) is 2. The highest BCUT2D eigenvalue weighted by Crippen LogP contribution is 2.43. The second-order valence-electron chi connectivity index (χ2n) is 5.63. The largest absolute Gasteiger partial charge is 0.396 e. The van der Waals surface area contributed by atoms with E-state index in [0.717, 1.165) is 6.07 Å². The Kier molecular flexibility index (Phi) is 6.55. The van der Waals surface area contributed by atoms with E-state index in [1.54, 1.807) is 0 Å². The molecule has 1 heterocycles. The summed E-state index contributed by atoms with van der Waals surface area (Å²) in [6.07, 6.45) is -3.83. The summed E-state index contributed by atoms with van der Waals surface area (Å²) in [7, 11) is -1.91. The maximum atomic E-state index is 14.1. The van der Waals surface area contributed by atoms with E-state index in [-0.39, 0.29) is 11.0 Å². The van der Waals surface area contributed by atoms with E-state index in [0.29, 0.717) is 0 Å². The molecule has 1 aromatic rings. The minimum absolute atomic E-state index is 0.193. The van der Waals surface area contributed by atoms with Crippen LogP contribution in [0.2, 0.25) is 0 Å². The number of halogens is 4. The van der Waals surface area contributed by atoms with E-state index in [2.05, 4.69) is 20.9 Å². The van der Waals surface area contributed by atoms with Crippen LogP contribution in [-0.4, -0.2) is 32.1 Å². The first kappa shape index (κ1) is 19.5. The van der Waals surface area contributed by atoms with Gasteiger partial charge in [0, 0.05) is 6.61 Å². The summed E-state index contributed by atoms with van der Waals surface area (Å²) in [4.78, 5) is 3.84. The van der Waals surface area contributed by atoms with Crippen LogP contribution < -0.4 is 5.14 Å². The second-order valence-corrected chi connectivity index (χ2v) is 8.14. The molecule has 0 amide bonds. The second kappa shape index (κ2) is 7.37. The molecule has 0 bridgehead atoms. The molecule has 0 spiro atoms. The summed E-state index contributed by atoms with van der Waals surface area (Å²) >= 11 is 3.03. The maximum absolute atomic E-state index is 14.1. The zero-order chi connectivity index (χ0) is 17.1. The first-order valence-electron chi connectivity index (χ1n) is 6.44. The highest BCUT2D eigenvalue weighted by Gasteiger charge is 2.49. The minimum atomic E-state index is -3.02. The van der Waals surface area contributed by atoms with Gasteiger partial charge in [0.1, 0.15) is 10.4 Å². The SMILES string of the molecule is CC(C)(C[C@](CCO)(c1nc(Br)ccc1F)C(F)F)S(N)=O. The first-order chi connectivity index (χ1) is 10.1. The number of aromatic nitrogens is 1. The molecule has 0 aliphatic rings. The van der Waals surface area contributed by atoms with E-state index in [9.17, 15) is 22.5 Å². The lowest BCUT2D eigenvalue weighted by atomic mass is 9.74. The van der Waals surface area contributed by atoms with Crippen LogP contribution in [0, 0.1) is 5.82 Å². The van der Waals surface area contributed by atoms with Gasteiger partial charge in [0.25, 0.3) is 0 Å². The predicted molar refractivity (Wildman–Crippen MR) is 82.3 cm³/mol. The number of aliphatic hydroxyl groups excluding tert-OH is 1. The topological polar surface area (TPSA) is 76.2 Å². The Bertz CT molecular complexity index is 560. The van der Waals surface area contributed by atoms with E-state index in [1.165, 1.54) is 19.9 Å². The molecular formula is C13H18BrF3N2O2S. The summed E-state index contributed by atoms with van der Waals surface area (Å²) in [6, 6.07) is 2.31. The van der Waals surface area contributed by atoms with Gasteiger partial charge < -0.3 is 5.11 Å². The molecule has 0 aliphatic carbocycles. The Labute approximate surface area is 138 Å². The summed E-state index contributed by atoms with van der Waals surface area (Å²) in [6.45, 7) is 2.31. The molecule has 0 aromatic carbocycles. The van der Waals surface area contributed by atoms with E-state index in [4.69, 9.17) is 5.14 Å². The average Bonchev–Trinajstić information content (AvgIpc) is 2.40. The fraction of sp³-hybridized carbons (Fsp3) is 0.615. The Morgan fingerprint density at radius 3 is 2.50 bits per heavy atom. The average molecular weight is 403 g/mol. The van der Waals surface area contributed by atoms with Crippen molar-refractivity contribution in [3.63, 3.8) is 0 Å². The molecule has 4 nitrogen and oxygen atoms in total. The van der Waals surface area contributed by atoms with Crippen molar-refractivity contribution in [2.24, 2.45) is 5.14 Å². The summed E-state index contributed by atoms with van der Waals surface area (Å²) in [5, 5.41) is 14.6. The Morgan fingerprint density at radius 1 is 1.45 bits per heavy atom. The number of aliphatic hydroxyl groups is 1. The van der Waals surface area contributed by atoms with Gasteiger partial charge in [-0.3, -0.25) is 5.14 Å². The summed E-state index contributed by atoms with van der Waals surface area (Å²) in [5.41, 5.74) is -2.55. The molecule has 1 aromatic heterocycles. The lowest BCUT2D eigenvalue weighted by Crippen LogP contribution is -2.46. The standard InChI is InChI=1S/C13H18BrF3N2O2S/c1-12(2,22(18)21)7-13(5-6-20,11(16)17)10-8(15)3-4-9(14)19-10/h3-4,11,20H,5-7,18H2,1-2H3/t13-,22?/m1/s1. The van der Waals surface area contributed by atoms with Gasteiger partial charge in [0.05, 0.1) is 26.8 Å². The fourth-order valence-electron chi connectivity index (χ4n) is 2.38. The molecule has 22 heavy (non-hydrogen) atoms. The monoisotopic (exact) mass is 402 g/mol. The van der Waals surface area contributed by atoms with Crippen molar-refractivity contribution in [2.75, 3.05) is 6.61 Å². The van der Waals surface area contributed by atoms with Crippen molar-refractivity contribution in [3.8, 4) is 0 Å². The van der Waals surface area contributed by atoms with Gasteiger partial charge in [-0.1, -0.05) is 0 Å². The van der Waals surface area contributed by atoms with Gasteiger partial charge in [0.2, 0.25) is 6.43 Å². The lowest BCUT2D eigenvalue weighted by Gasteiger charge is -2.38.